The summed E-state index contributed by atoms with van der Waals surface area (Å²) in [4.78, 5) is 21.4. The molecule has 0 saturated heterocycles. The van der Waals surface area contributed by atoms with E-state index in [0.717, 1.165) is 11.9 Å². The minimum Gasteiger partial charge on any atom is -0.298 e. The molecule has 11 heavy (non-hydrogen) atoms. The van der Waals surface area contributed by atoms with Crippen molar-refractivity contribution >= 4 is 28.0 Å². The zero-order valence-electron chi connectivity index (χ0n) is 6.06. The van der Waals surface area contributed by atoms with Crippen LogP contribution in [-0.2, 0) is 9.59 Å². The molecule has 0 amide bonds. The molecule has 0 aromatic rings. The van der Waals surface area contributed by atoms with Crippen LogP contribution in [-0.4, -0.2) is 12.1 Å². The molecule has 0 aromatic heterocycles. The van der Waals surface area contributed by atoms with E-state index >= 15 is 0 Å². The maximum Gasteiger partial charge on any atom is 0.193 e. The number of rotatable bonds is 1. The molecule has 0 spiro atoms. The first-order valence-electron chi connectivity index (χ1n) is 3.20. The van der Waals surface area contributed by atoms with Crippen LogP contribution in [0.1, 0.15) is 13.3 Å². The molecule has 2 nitrogen and oxygen atoms in total. The Bertz CT molecular complexity index is 274. The zero-order valence-corrected chi connectivity index (χ0v) is 7.64. The molecule has 0 unspecified atom stereocenters. The predicted octanol–water partition coefficient (Wildman–Crippen LogP) is 1.75. The molecule has 0 bridgehead atoms. The van der Waals surface area contributed by atoms with E-state index in [1.165, 1.54) is 6.08 Å². The third-order valence-corrected chi connectivity index (χ3v) is 2.39. The van der Waals surface area contributed by atoms with Crippen LogP contribution in [0, 0.1) is 0 Å². The third kappa shape index (κ3) is 1.66. The minimum absolute atomic E-state index is 0.115. The number of hydrogen-bond acceptors (Lipinski definition) is 2. The normalized spacial score (nSPS) is 18.4. The Morgan fingerprint density at radius 3 is 2.82 bits per heavy atom. The van der Waals surface area contributed by atoms with E-state index in [4.69, 9.17) is 0 Å². The van der Waals surface area contributed by atoms with Crippen molar-refractivity contribution < 1.29 is 9.59 Å². The van der Waals surface area contributed by atoms with Gasteiger partial charge < -0.3 is 0 Å². The number of aldehydes is 1. The number of halogens is 1. The fourth-order valence-corrected chi connectivity index (χ4v) is 1.32. The second kappa shape index (κ2) is 3.13. The minimum atomic E-state index is -0.115. The lowest BCUT2D eigenvalue weighted by Crippen LogP contribution is -2.05. The van der Waals surface area contributed by atoms with E-state index in [-0.39, 0.29) is 5.78 Å². The summed E-state index contributed by atoms with van der Waals surface area (Å²) in [6, 6.07) is 0. The molecule has 0 radical (unpaired) electrons. The topological polar surface area (TPSA) is 34.1 Å². The average Bonchev–Trinajstić information content (AvgIpc) is 1.96. The number of ketones is 1. The van der Waals surface area contributed by atoms with E-state index in [9.17, 15) is 9.59 Å². The first kappa shape index (κ1) is 8.40. The van der Waals surface area contributed by atoms with Crippen LogP contribution in [0.5, 0.6) is 0 Å². The summed E-state index contributed by atoms with van der Waals surface area (Å²) in [6.45, 7) is 1.83. The molecule has 3 heteroatoms. The van der Waals surface area contributed by atoms with E-state index in [0.29, 0.717) is 16.5 Å². The summed E-state index contributed by atoms with van der Waals surface area (Å²) in [5.74, 6) is -0.115. The van der Waals surface area contributed by atoms with Crippen LogP contribution < -0.4 is 0 Å². The van der Waals surface area contributed by atoms with E-state index in [2.05, 4.69) is 15.9 Å². The van der Waals surface area contributed by atoms with Gasteiger partial charge in [0.05, 0.1) is 4.48 Å². The van der Waals surface area contributed by atoms with Crippen molar-refractivity contribution in [3.05, 3.63) is 21.7 Å². The van der Waals surface area contributed by atoms with Gasteiger partial charge in [0.2, 0.25) is 0 Å². The number of carbonyl (C=O) groups excluding carboxylic acids is 2. The van der Waals surface area contributed by atoms with Crippen molar-refractivity contribution in [2.75, 3.05) is 0 Å². The summed E-state index contributed by atoms with van der Waals surface area (Å²) in [5.41, 5.74) is 1.47. The zero-order chi connectivity index (χ0) is 8.43. The molecule has 0 saturated carbocycles. The Morgan fingerprint density at radius 1 is 1.64 bits per heavy atom. The molecule has 0 fully saturated rings. The van der Waals surface area contributed by atoms with Crippen molar-refractivity contribution in [1.82, 2.24) is 0 Å². The van der Waals surface area contributed by atoms with Gasteiger partial charge in [0, 0.05) is 5.57 Å². The SMILES string of the molecule is CC1=CC(=O)C(Br)=C(C=O)C1. The van der Waals surface area contributed by atoms with Crippen LogP contribution >= 0.6 is 15.9 Å². The number of hydrogen-bond donors (Lipinski definition) is 0. The standard InChI is InChI=1S/C8H7BrO2/c1-5-2-6(4-10)8(9)7(11)3-5/h3-4H,2H2,1H3. The fraction of sp³-hybridized carbons (Fsp3) is 0.250. The van der Waals surface area contributed by atoms with Crippen LogP contribution in [0.15, 0.2) is 21.7 Å². The van der Waals surface area contributed by atoms with Crippen LogP contribution in [0.2, 0.25) is 0 Å². The first-order valence-corrected chi connectivity index (χ1v) is 3.99. The Morgan fingerprint density at radius 2 is 2.27 bits per heavy atom. The molecule has 0 N–H and O–H groups in total. The van der Waals surface area contributed by atoms with E-state index in [1.807, 2.05) is 6.92 Å². The molecule has 1 aliphatic carbocycles. The summed E-state index contributed by atoms with van der Waals surface area (Å²) in [7, 11) is 0. The van der Waals surface area contributed by atoms with Crippen molar-refractivity contribution in [1.29, 1.82) is 0 Å². The summed E-state index contributed by atoms with van der Waals surface area (Å²) < 4.78 is 0.401. The van der Waals surface area contributed by atoms with Gasteiger partial charge in [-0.3, -0.25) is 9.59 Å². The largest absolute Gasteiger partial charge is 0.298 e. The second-order valence-corrected chi connectivity index (χ2v) is 3.28. The molecule has 1 rings (SSSR count). The molecule has 0 heterocycles. The van der Waals surface area contributed by atoms with Crippen molar-refractivity contribution in [2.24, 2.45) is 0 Å². The Hall–Kier alpha value is -0.700. The average molecular weight is 215 g/mol. The molecule has 58 valence electrons. The van der Waals surface area contributed by atoms with Crippen molar-refractivity contribution in [3.63, 3.8) is 0 Å². The molecule has 0 atom stereocenters. The van der Waals surface area contributed by atoms with Gasteiger partial charge in [-0.15, -0.1) is 0 Å². The van der Waals surface area contributed by atoms with Crippen LogP contribution in [0.4, 0.5) is 0 Å². The highest BCUT2D eigenvalue weighted by Crippen LogP contribution is 2.24. The molecule has 0 aliphatic heterocycles. The van der Waals surface area contributed by atoms with E-state index < -0.39 is 0 Å². The summed E-state index contributed by atoms with van der Waals surface area (Å²) in [6.07, 6.45) is 2.84. The lowest BCUT2D eigenvalue weighted by atomic mass is 10.00. The second-order valence-electron chi connectivity index (χ2n) is 2.49. The number of allylic oxidation sites excluding steroid dienone is 4. The Labute approximate surface area is 73.1 Å². The highest BCUT2D eigenvalue weighted by Gasteiger charge is 2.15. The smallest absolute Gasteiger partial charge is 0.193 e. The maximum absolute atomic E-state index is 11.0. The quantitative estimate of drug-likeness (QED) is 0.624. The lowest BCUT2D eigenvalue weighted by molar-refractivity contribution is -0.111. The molecular weight excluding hydrogens is 208 g/mol. The molecule has 1 aliphatic rings. The van der Waals surface area contributed by atoms with Crippen molar-refractivity contribution in [2.45, 2.75) is 13.3 Å². The van der Waals surface area contributed by atoms with Gasteiger partial charge in [-0.05, 0) is 35.4 Å². The highest BCUT2D eigenvalue weighted by atomic mass is 79.9. The van der Waals surface area contributed by atoms with Gasteiger partial charge in [-0.1, -0.05) is 5.57 Å². The first-order chi connectivity index (χ1) is 5.15. The van der Waals surface area contributed by atoms with Gasteiger partial charge in [0.1, 0.15) is 6.29 Å². The van der Waals surface area contributed by atoms with Gasteiger partial charge >= 0.3 is 0 Å². The molecule has 0 aromatic carbocycles. The van der Waals surface area contributed by atoms with Crippen molar-refractivity contribution in [3.8, 4) is 0 Å². The van der Waals surface area contributed by atoms with Crippen LogP contribution in [0.25, 0.3) is 0 Å². The highest BCUT2D eigenvalue weighted by molar-refractivity contribution is 9.12. The van der Waals surface area contributed by atoms with Gasteiger partial charge in [-0.25, -0.2) is 0 Å². The summed E-state index contributed by atoms with van der Waals surface area (Å²) in [5, 5.41) is 0. The van der Waals surface area contributed by atoms with Crippen LogP contribution in [0.3, 0.4) is 0 Å². The Kier molecular flexibility index (Phi) is 2.39. The predicted molar refractivity (Wildman–Crippen MR) is 45.4 cm³/mol. The monoisotopic (exact) mass is 214 g/mol. The molecular formula is C8H7BrO2. The Balaban J connectivity index is 3.02. The fourth-order valence-electron chi connectivity index (χ4n) is 0.968. The van der Waals surface area contributed by atoms with E-state index in [1.54, 1.807) is 0 Å². The third-order valence-electron chi connectivity index (χ3n) is 1.49. The lowest BCUT2D eigenvalue weighted by Gasteiger charge is -2.08. The maximum atomic E-state index is 11.0. The van der Waals surface area contributed by atoms with Gasteiger partial charge in [0.15, 0.2) is 5.78 Å². The van der Waals surface area contributed by atoms with Gasteiger partial charge in [0.25, 0.3) is 0 Å². The summed E-state index contributed by atoms with van der Waals surface area (Å²) >= 11 is 3.06. The van der Waals surface area contributed by atoms with Gasteiger partial charge in [-0.2, -0.15) is 0 Å². The number of carbonyl (C=O) groups is 2.